The number of aliphatic hydroxyl groups excluding tert-OH is 1. The molecular weight excluding hydrogens is 516 g/mol. The normalized spacial score (nSPS) is 14.1. The number of hydrogen-bond donors (Lipinski definition) is 10. The predicted octanol–water partition coefficient (Wildman–Crippen LogP) is -2.45. The molecule has 15 heteroatoms. The number of carboxylic acids is 1. The first-order valence-electron chi connectivity index (χ1n) is 11.8. The van der Waals surface area contributed by atoms with Crippen molar-refractivity contribution in [3.8, 4) is 0 Å². The van der Waals surface area contributed by atoms with Gasteiger partial charge >= 0.3 is 5.97 Å². The van der Waals surface area contributed by atoms with Crippen molar-refractivity contribution in [1.29, 1.82) is 0 Å². The summed E-state index contributed by atoms with van der Waals surface area (Å²) in [7, 11) is 0. The second-order valence-electron chi connectivity index (χ2n) is 8.51. The number of amides is 3. The fourth-order valence-corrected chi connectivity index (χ4v) is 3.85. The maximum atomic E-state index is 13.3. The van der Waals surface area contributed by atoms with Gasteiger partial charge in [-0.25, -0.2) is 4.79 Å². The van der Waals surface area contributed by atoms with Gasteiger partial charge < -0.3 is 48.3 Å². The van der Waals surface area contributed by atoms with Crippen LogP contribution < -0.4 is 33.2 Å². The van der Waals surface area contributed by atoms with Crippen LogP contribution in [0.5, 0.6) is 0 Å². The van der Waals surface area contributed by atoms with Crippen molar-refractivity contribution in [2.45, 2.75) is 43.4 Å². The zero-order valence-corrected chi connectivity index (χ0v) is 21.5. The van der Waals surface area contributed by atoms with Gasteiger partial charge in [0.2, 0.25) is 17.7 Å². The van der Waals surface area contributed by atoms with E-state index in [2.05, 4.69) is 38.6 Å². The number of aromatic nitrogens is 1. The number of aliphatic carboxylic acids is 1. The van der Waals surface area contributed by atoms with E-state index in [1.807, 2.05) is 24.3 Å². The molecule has 14 nitrogen and oxygen atoms in total. The number of thiol groups is 1. The fourth-order valence-electron chi connectivity index (χ4n) is 3.59. The minimum Gasteiger partial charge on any atom is -0.480 e. The molecule has 0 bridgehead atoms. The van der Waals surface area contributed by atoms with Gasteiger partial charge in [-0.3, -0.25) is 19.4 Å². The van der Waals surface area contributed by atoms with Gasteiger partial charge in [0.15, 0.2) is 5.96 Å². The molecule has 38 heavy (non-hydrogen) atoms. The molecule has 0 fully saturated rings. The number of carboxylic acid groups (broad SMARTS) is 1. The van der Waals surface area contributed by atoms with Crippen LogP contribution in [0.4, 0.5) is 0 Å². The number of hydrogen-bond acceptors (Lipinski definition) is 8. The van der Waals surface area contributed by atoms with E-state index in [4.69, 9.17) is 22.3 Å². The number of H-pyrrole nitrogens is 1. The van der Waals surface area contributed by atoms with Crippen molar-refractivity contribution in [3.05, 3.63) is 36.0 Å². The van der Waals surface area contributed by atoms with E-state index in [-0.39, 0.29) is 37.5 Å². The Hall–Kier alpha value is -3.82. The number of carbonyl (C=O) groups is 4. The highest BCUT2D eigenvalue weighted by molar-refractivity contribution is 7.80. The third kappa shape index (κ3) is 8.93. The largest absolute Gasteiger partial charge is 0.480 e. The quantitative estimate of drug-likeness (QED) is 0.0488. The van der Waals surface area contributed by atoms with Gasteiger partial charge in [0.05, 0.1) is 6.61 Å². The number of rotatable bonds is 15. The monoisotopic (exact) mass is 550 g/mol. The molecule has 2 rings (SSSR count). The first-order valence-corrected chi connectivity index (χ1v) is 12.4. The molecule has 3 amide bonds. The molecule has 2 aromatic rings. The molecule has 4 unspecified atom stereocenters. The summed E-state index contributed by atoms with van der Waals surface area (Å²) >= 11 is 4.09. The van der Waals surface area contributed by atoms with Crippen molar-refractivity contribution < 1.29 is 29.4 Å². The summed E-state index contributed by atoms with van der Waals surface area (Å²) in [5.41, 5.74) is 17.6. The maximum Gasteiger partial charge on any atom is 0.326 e. The van der Waals surface area contributed by atoms with Gasteiger partial charge in [-0.15, -0.1) is 0 Å². The molecule has 208 valence electrons. The molecular formula is C23H34N8O6S. The highest BCUT2D eigenvalue weighted by Crippen LogP contribution is 2.19. The smallest absolute Gasteiger partial charge is 0.326 e. The lowest BCUT2D eigenvalue weighted by atomic mass is 10.0. The SMILES string of the molecule is NC(N)=NCCCC(NC(=O)C(Cc1c[nH]c2ccccc12)NC(=O)C(CS)NC(=O)C(N)CO)C(=O)O. The fraction of sp³-hybridized carbons (Fsp3) is 0.435. The van der Waals surface area contributed by atoms with Crippen molar-refractivity contribution in [1.82, 2.24) is 20.9 Å². The predicted molar refractivity (Wildman–Crippen MR) is 144 cm³/mol. The molecule has 0 aliphatic rings. The molecule has 0 spiro atoms. The zero-order valence-electron chi connectivity index (χ0n) is 20.6. The topological polar surface area (TPSA) is 251 Å². The van der Waals surface area contributed by atoms with Crippen LogP contribution in [-0.2, 0) is 25.6 Å². The number of carbonyl (C=O) groups excluding carboxylic acids is 3. The Kier molecular flexibility index (Phi) is 11.8. The summed E-state index contributed by atoms with van der Waals surface area (Å²) in [6.45, 7) is -0.450. The van der Waals surface area contributed by atoms with Crippen LogP contribution in [-0.4, -0.2) is 87.9 Å². The van der Waals surface area contributed by atoms with E-state index in [0.29, 0.717) is 5.56 Å². The Balaban J connectivity index is 2.24. The van der Waals surface area contributed by atoms with Crippen LogP contribution >= 0.6 is 12.6 Å². The average molecular weight is 551 g/mol. The molecule has 0 saturated heterocycles. The van der Waals surface area contributed by atoms with Gasteiger partial charge in [-0.1, -0.05) is 18.2 Å². The number of nitrogens with one attached hydrogen (secondary N) is 4. The van der Waals surface area contributed by atoms with Crippen molar-refractivity contribution in [2.24, 2.45) is 22.2 Å². The minimum absolute atomic E-state index is 0.0192. The molecule has 1 heterocycles. The van der Waals surface area contributed by atoms with Crippen LogP contribution in [0.3, 0.4) is 0 Å². The van der Waals surface area contributed by atoms with Crippen molar-refractivity contribution >= 4 is 53.2 Å². The van der Waals surface area contributed by atoms with E-state index < -0.39 is 54.5 Å². The van der Waals surface area contributed by atoms with Crippen LogP contribution in [0.15, 0.2) is 35.5 Å². The van der Waals surface area contributed by atoms with E-state index in [1.54, 1.807) is 6.20 Å². The third-order valence-corrected chi connectivity index (χ3v) is 6.01. The summed E-state index contributed by atoms with van der Waals surface area (Å²) in [5, 5.41) is 26.9. The number of nitrogens with two attached hydrogens (primary N) is 3. The number of para-hydroxylation sites is 1. The second-order valence-corrected chi connectivity index (χ2v) is 8.87. The number of aliphatic hydroxyl groups is 1. The summed E-state index contributed by atoms with van der Waals surface area (Å²) in [5.74, 6) is -3.77. The summed E-state index contributed by atoms with van der Waals surface area (Å²) in [4.78, 5) is 57.0. The Morgan fingerprint density at radius 1 is 1.00 bits per heavy atom. The minimum atomic E-state index is -1.27. The van der Waals surface area contributed by atoms with E-state index in [0.717, 1.165) is 10.9 Å². The summed E-state index contributed by atoms with van der Waals surface area (Å²) < 4.78 is 0. The first-order chi connectivity index (χ1) is 18.1. The average Bonchev–Trinajstić information content (AvgIpc) is 3.30. The Morgan fingerprint density at radius 2 is 1.63 bits per heavy atom. The van der Waals surface area contributed by atoms with Gasteiger partial charge in [0.25, 0.3) is 0 Å². The number of aliphatic imine (C=N–C) groups is 1. The number of fused-ring (bicyclic) bond motifs is 1. The Labute approximate surface area is 224 Å². The molecule has 0 radical (unpaired) electrons. The van der Waals surface area contributed by atoms with Crippen LogP contribution in [0.2, 0.25) is 0 Å². The molecule has 0 aliphatic heterocycles. The Bertz CT molecular complexity index is 1150. The van der Waals surface area contributed by atoms with Gasteiger partial charge in [-0.2, -0.15) is 12.6 Å². The zero-order chi connectivity index (χ0) is 28.2. The lowest BCUT2D eigenvalue weighted by molar-refractivity contribution is -0.142. The molecule has 4 atom stereocenters. The Morgan fingerprint density at radius 3 is 2.26 bits per heavy atom. The van der Waals surface area contributed by atoms with Crippen LogP contribution in [0, 0.1) is 0 Å². The number of guanidine groups is 1. The van der Waals surface area contributed by atoms with Crippen LogP contribution in [0.25, 0.3) is 10.9 Å². The van der Waals surface area contributed by atoms with Crippen LogP contribution in [0.1, 0.15) is 18.4 Å². The molecule has 0 aliphatic carbocycles. The molecule has 12 N–H and O–H groups in total. The number of nitrogens with zero attached hydrogens (tertiary/aromatic N) is 1. The summed E-state index contributed by atoms with van der Waals surface area (Å²) in [6.07, 6.45) is 2.04. The van der Waals surface area contributed by atoms with E-state index >= 15 is 0 Å². The number of aromatic amines is 1. The van der Waals surface area contributed by atoms with Gasteiger partial charge in [0, 0.05) is 35.8 Å². The van der Waals surface area contributed by atoms with Crippen molar-refractivity contribution in [3.63, 3.8) is 0 Å². The van der Waals surface area contributed by atoms with E-state index in [1.165, 1.54) is 0 Å². The third-order valence-electron chi connectivity index (χ3n) is 5.64. The lowest BCUT2D eigenvalue weighted by Crippen LogP contribution is -2.58. The second kappa shape index (κ2) is 14.8. The lowest BCUT2D eigenvalue weighted by Gasteiger charge is -2.24. The van der Waals surface area contributed by atoms with Gasteiger partial charge in [-0.05, 0) is 24.5 Å². The highest BCUT2D eigenvalue weighted by Gasteiger charge is 2.30. The molecule has 1 aromatic heterocycles. The van der Waals surface area contributed by atoms with Gasteiger partial charge in [0.1, 0.15) is 24.2 Å². The molecule has 0 saturated carbocycles. The van der Waals surface area contributed by atoms with Crippen molar-refractivity contribution in [2.75, 3.05) is 18.9 Å². The maximum absolute atomic E-state index is 13.3. The van der Waals surface area contributed by atoms with E-state index in [9.17, 15) is 24.3 Å². The number of benzene rings is 1. The summed E-state index contributed by atoms with van der Waals surface area (Å²) in [6, 6.07) is 2.47. The highest BCUT2D eigenvalue weighted by atomic mass is 32.1. The molecule has 1 aromatic carbocycles. The first kappa shape index (κ1) is 30.4. The standard InChI is InChI=1S/C23H34N8O6S/c24-14(10-32)19(33)31-18(11-38)21(35)30-17(8-12-9-28-15-5-2-1-4-13(12)15)20(34)29-16(22(36)37)6-3-7-27-23(25)26/h1-2,4-5,9,14,16-18,28,32,38H,3,6-8,10-11,24H2,(H,29,34)(H,30,35)(H,31,33)(H,36,37)(H4,25,26,27).